The first kappa shape index (κ1) is 25.1. The van der Waals surface area contributed by atoms with Gasteiger partial charge in [0, 0.05) is 41.3 Å². The van der Waals surface area contributed by atoms with Gasteiger partial charge in [0.05, 0.1) is 5.02 Å². The van der Waals surface area contributed by atoms with Gasteiger partial charge in [0.15, 0.2) is 11.6 Å². The molecular weight excluding hydrogens is 466 g/mol. The van der Waals surface area contributed by atoms with Crippen LogP contribution in [0.3, 0.4) is 0 Å². The first-order valence-electron chi connectivity index (χ1n) is 11.7. The molecule has 0 fully saturated rings. The average molecular weight is 496 g/mol. The van der Waals surface area contributed by atoms with Crippen molar-refractivity contribution in [2.75, 3.05) is 13.2 Å². The number of Topliss-reactive ketones (excluding diaryl/α,β-unsaturated/α-hetero) is 2. The smallest absolute Gasteiger partial charge is 0.323 e. The minimum Gasteiger partial charge on any atom is -0.480 e. The van der Waals surface area contributed by atoms with E-state index in [0.717, 1.165) is 0 Å². The molecule has 35 heavy (non-hydrogen) atoms. The van der Waals surface area contributed by atoms with Crippen molar-refractivity contribution in [2.24, 2.45) is 10.8 Å². The number of hydrogen-bond donors (Lipinski definition) is 1. The van der Waals surface area contributed by atoms with Crippen molar-refractivity contribution in [3.05, 3.63) is 51.3 Å². The predicted octanol–water partition coefficient (Wildman–Crippen LogP) is 5.12. The molecule has 0 spiro atoms. The third-order valence-corrected chi connectivity index (χ3v) is 7.21. The van der Waals surface area contributed by atoms with Crippen molar-refractivity contribution in [1.82, 2.24) is 4.90 Å². The van der Waals surface area contributed by atoms with Crippen molar-refractivity contribution in [3.8, 4) is 18.1 Å². The quantitative estimate of drug-likeness (QED) is 0.570. The Hall–Kier alpha value is -3.04. The number of allylic oxidation sites excluding steroid dienone is 4. The van der Waals surface area contributed by atoms with Crippen LogP contribution in [0.5, 0.6) is 5.75 Å². The number of rotatable bonds is 5. The van der Waals surface area contributed by atoms with Crippen LogP contribution in [0.1, 0.15) is 64.9 Å². The maximum absolute atomic E-state index is 13.6. The number of carboxylic acids is 1. The van der Waals surface area contributed by atoms with Crippen LogP contribution < -0.4 is 4.74 Å². The monoisotopic (exact) mass is 495 g/mol. The van der Waals surface area contributed by atoms with E-state index < -0.39 is 11.9 Å². The molecule has 0 atom stereocenters. The standard InChI is InChI=1S/C28H30ClNO5/c1-6-9-35-22-8-7-16(10-17(22)29)24-25-18(11-27(2,3)13-20(25)31)30(15-23(33)34)19-12-28(4,5)14-21(32)26(19)24/h1,7-8,10,24H,9,11-15H2,2-5H3,(H,33,34). The summed E-state index contributed by atoms with van der Waals surface area (Å²) in [4.78, 5) is 40.9. The maximum Gasteiger partial charge on any atom is 0.323 e. The van der Waals surface area contributed by atoms with E-state index in [-0.39, 0.29) is 35.5 Å². The molecule has 1 N–H and O–H groups in total. The Bertz CT molecular complexity index is 1180. The topological polar surface area (TPSA) is 83.9 Å². The molecule has 2 aliphatic carbocycles. The van der Waals surface area contributed by atoms with E-state index in [0.29, 0.717) is 64.6 Å². The van der Waals surface area contributed by atoms with E-state index in [2.05, 4.69) is 5.92 Å². The van der Waals surface area contributed by atoms with E-state index in [9.17, 15) is 19.5 Å². The lowest BCUT2D eigenvalue weighted by molar-refractivity contribution is -0.138. The number of hydrogen-bond acceptors (Lipinski definition) is 5. The van der Waals surface area contributed by atoms with Crippen LogP contribution in [-0.4, -0.2) is 40.7 Å². The summed E-state index contributed by atoms with van der Waals surface area (Å²) in [5.74, 6) is 1.09. The molecular formula is C28H30ClNO5. The Balaban J connectivity index is 1.96. The molecule has 1 aliphatic heterocycles. The fourth-order valence-electron chi connectivity index (χ4n) is 5.64. The Morgan fingerprint density at radius 3 is 2.09 bits per heavy atom. The number of ether oxygens (including phenoxy) is 1. The molecule has 0 amide bonds. The largest absolute Gasteiger partial charge is 0.480 e. The molecule has 0 saturated carbocycles. The zero-order valence-corrected chi connectivity index (χ0v) is 21.3. The van der Waals surface area contributed by atoms with Crippen molar-refractivity contribution in [3.63, 3.8) is 0 Å². The highest BCUT2D eigenvalue weighted by molar-refractivity contribution is 6.32. The summed E-state index contributed by atoms with van der Waals surface area (Å²) in [6.45, 7) is 7.82. The highest BCUT2D eigenvalue weighted by Crippen LogP contribution is 2.54. The summed E-state index contributed by atoms with van der Waals surface area (Å²) in [7, 11) is 0. The Morgan fingerprint density at radius 1 is 1.09 bits per heavy atom. The van der Waals surface area contributed by atoms with Gasteiger partial charge in [-0.25, -0.2) is 0 Å². The van der Waals surface area contributed by atoms with Crippen LogP contribution in [0.15, 0.2) is 40.7 Å². The van der Waals surface area contributed by atoms with Gasteiger partial charge in [0.2, 0.25) is 0 Å². The summed E-state index contributed by atoms with van der Waals surface area (Å²) < 4.78 is 5.50. The highest BCUT2D eigenvalue weighted by Gasteiger charge is 2.49. The van der Waals surface area contributed by atoms with Gasteiger partial charge >= 0.3 is 5.97 Å². The predicted molar refractivity (Wildman–Crippen MR) is 133 cm³/mol. The van der Waals surface area contributed by atoms with Gasteiger partial charge in [-0.15, -0.1) is 6.42 Å². The lowest BCUT2D eigenvalue weighted by atomic mass is 9.63. The van der Waals surface area contributed by atoms with Gasteiger partial charge in [-0.1, -0.05) is 51.3 Å². The van der Waals surface area contributed by atoms with Gasteiger partial charge < -0.3 is 14.7 Å². The van der Waals surface area contributed by atoms with Crippen LogP contribution in [0.25, 0.3) is 0 Å². The number of benzene rings is 1. The number of carbonyl (C=O) groups is 3. The number of terminal acetylenes is 1. The van der Waals surface area contributed by atoms with Crippen molar-refractivity contribution < 1.29 is 24.2 Å². The fourth-order valence-corrected chi connectivity index (χ4v) is 5.88. The maximum atomic E-state index is 13.6. The zero-order chi connectivity index (χ0) is 25.7. The molecule has 1 aromatic rings. The van der Waals surface area contributed by atoms with Gasteiger partial charge in [-0.3, -0.25) is 14.4 Å². The summed E-state index contributed by atoms with van der Waals surface area (Å²) >= 11 is 6.51. The van der Waals surface area contributed by atoms with Crippen LogP contribution >= 0.6 is 11.6 Å². The zero-order valence-electron chi connectivity index (χ0n) is 20.5. The van der Waals surface area contributed by atoms with Crippen LogP contribution in [0.4, 0.5) is 0 Å². The molecule has 0 aromatic heterocycles. The van der Waals surface area contributed by atoms with Crippen LogP contribution in [-0.2, 0) is 14.4 Å². The summed E-state index contributed by atoms with van der Waals surface area (Å²) in [5.41, 5.74) is 2.47. The van der Waals surface area contributed by atoms with E-state index in [1.54, 1.807) is 17.0 Å². The normalized spacial score (nSPS) is 21.4. The molecule has 0 saturated heterocycles. The van der Waals surface area contributed by atoms with Gasteiger partial charge in [0.25, 0.3) is 0 Å². The molecule has 7 heteroatoms. The van der Waals surface area contributed by atoms with E-state index in [4.69, 9.17) is 22.8 Å². The second kappa shape index (κ2) is 8.87. The molecule has 0 radical (unpaired) electrons. The molecule has 1 aromatic carbocycles. The number of ketones is 2. The molecule has 3 aliphatic rings. The van der Waals surface area contributed by atoms with Crippen molar-refractivity contribution in [1.29, 1.82) is 0 Å². The number of halogens is 1. The summed E-state index contributed by atoms with van der Waals surface area (Å²) in [6.07, 6.45) is 7.02. The Labute approximate surface area is 211 Å². The first-order valence-corrected chi connectivity index (χ1v) is 12.1. The van der Waals surface area contributed by atoms with Crippen LogP contribution in [0.2, 0.25) is 5.02 Å². The highest BCUT2D eigenvalue weighted by atomic mass is 35.5. The molecule has 0 unspecified atom stereocenters. The van der Waals surface area contributed by atoms with Gasteiger partial charge in [0.1, 0.15) is 18.9 Å². The minimum absolute atomic E-state index is 0.0652. The summed E-state index contributed by atoms with van der Waals surface area (Å²) in [6, 6.07) is 5.23. The fraction of sp³-hybridized carbons (Fsp3) is 0.464. The number of carboxylic acid groups (broad SMARTS) is 1. The molecule has 0 bridgehead atoms. The van der Waals surface area contributed by atoms with Gasteiger partial charge in [-0.2, -0.15) is 0 Å². The minimum atomic E-state index is -1.01. The van der Waals surface area contributed by atoms with E-state index in [1.807, 2.05) is 33.8 Å². The SMILES string of the molecule is C#CCOc1ccc(C2C3=C(CC(C)(C)CC3=O)N(CC(=O)O)C3=C2C(=O)CC(C)(C)C3)cc1Cl. The average Bonchev–Trinajstić information content (AvgIpc) is 2.72. The number of nitrogens with zero attached hydrogens (tertiary/aromatic N) is 1. The van der Waals surface area contributed by atoms with Crippen LogP contribution in [0, 0.1) is 23.2 Å². The lowest BCUT2D eigenvalue weighted by Crippen LogP contribution is -2.45. The number of carbonyl (C=O) groups excluding carboxylic acids is 2. The van der Waals surface area contributed by atoms with Crippen molar-refractivity contribution >= 4 is 29.1 Å². The molecule has 1 heterocycles. The third-order valence-electron chi connectivity index (χ3n) is 6.92. The van der Waals surface area contributed by atoms with Gasteiger partial charge in [-0.05, 0) is 41.4 Å². The Morgan fingerprint density at radius 2 is 1.63 bits per heavy atom. The third kappa shape index (κ3) is 4.75. The first-order chi connectivity index (χ1) is 16.3. The van der Waals surface area contributed by atoms with Crippen molar-refractivity contribution in [2.45, 2.75) is 59.3 Å². The molecule has 184 valence electrons. The Kier molecular flexibility index (Phi) is 6.36. The molecule has 6 nitrogen and oxygen atoms in total. The second-order valence-electron chi connectivity index (χ2n) is 11.2. The second-order valence-corrected chi connectivity index (χ2v) is 11.6. The summed E-state index contributed by atoms with van der Waals surface area (Å²) in [5, 5.41) is 10.1. The van der Waals surface area contributed by atoms with E-state index >= 15 is 0 Å². The lowest BCUT2D eigenvalue weighted by Gasteiger charge is -2.48. The number of aliphatic carboxylic acids is 1. The van der Waals surface area contributed by atoms with E-state index in [1.165, 1.54) is 0 Å². The molecule has 4 rings (SSSR count).